The summed E-state index contributed by atoms with van der Waals surface area (Å²) >= 11 is 0. The zero-order valence-corrected chi connectivity index (χ0v) is 11.3. The molecule has 0 aliphatic rings. The molecule has 0 saturated carbocycles. The van der Waals surface area contributed by atoms with Crippen LogP contribution >= 0.6 is 0 Å². The van der Waals surface area contributed by atoms with E-state index in [0.717, 1.165) is 0 Å². The molecule has 0 spiro atoms. The van der Waals surface area contributed by atoms with Gasteiger partial charge in [-0.2, -0.15) is 17.7 Å². The Balaban J connectivity index is 2.01. The van der Waals surface area contributed by atoms with Crippen LogP contribution in [0.1, 0.15) is 5.82 Å². The molecular weight excluding hydrogens is 299 g/mol. The average molecular weight is 309 g/mol. The topological polar surface area (TPSA) is 64.3 Å². The number of fused-ring (bicyclic) bond motifs is 1. The number of methoxy groups -OCH3 is 1. The number of rotatable bonds is 3. The maximum absolute atomic E-state index is 12.8. The number of anilines is 2. The Morgan fingerprint density at radius 2 is 1.86 bits per heavy atom. The Kier molecular flexibility index (Phi) is 3.32. The first kappa shape index (κ1) is 14.1. The zero-order valence-electron chi connectivity index (χ0n) is 11.3. The number of hydrogen-bond acceptors (Lipinski definition) is 5. The number of aromatic nitrogens is 4. The molecule has 0 unspecified atom stereocenters. The van der Waals surface area contributed by atoms with Gasteiger partial charge in [-0.05, 0) is 24.3 Å². The highest BCUT2D eigenvalue weighted by Gasteiger charge is 2.37. The molecule has 1 N–H and O–H groups in total. The van der Waals surface area contributed by atoms with Gasteiger partial charge in [-0.25, -0.2) is 0 Å². The first-order valence-electron chi connectivity index (χ1n) is 6.19. The summed E-state index contributed by atoms with van der Waals surface area (Å²) in [4.78, 5) is 0. The van der Waals surface area contributed by atoms with E-state index in [9.17, 15) is 13.2 Å². The highest BCUT2D eigenvalue weighted by Crippen LogP contribution is 2.29. The molecule has 3 rings (SSSR count). The molecule has 0 bridgehead atoms. The molecule has 1 aromatic carbocycles. The summed E-state index contributed by atoms with van der Waals surface area (Å²) in [5.41, 5.74) is 0.594. The lowest BCUT2D eigenvalue weighted by atomic mass is 10.3. The number of halogens is 3. The van der Waals surface area contributed by atoms with Crippen LogP contribution in [0.5, 0.6) is 5.75 Å². The van der Waals surface area contributed by atoms with Crippen LogP contribution in [0.2, 0.25) is 0 Å². The summed E-state index contributed by atoms with van der Waals surface area (Å²) in [5.74, 6) is -0.419. The van der Waals surface area contributed by atoms with Crippen LogP contribution in [0.15, 0.2) is 36.4 Å². The van der Waals surface area contributed by atoms with Crippen LogP contribution in [0.4, 0.5) is 24.7 Å². The Morgan fingerprint density at radius 3 is 2.59 bits per heavy atom. The molecule has 0 radical (unpaired) electrons. The van der Waals surface area contributed by atoms with Gasteiger partial charge in [0.25, 0.3) is 5.82 Å². The van der Waals surface area contributed by atoms with Crippen molar-refractivity contribution in [2.75, 3.05) is 12.4 Å². The summed E-state index contributed by atoms with van der Waals surface area (Å²) in [6, 6.07) is 9.90. The van der Waals surface area contributed by atoms with Crippen molar-refractivity contribution in [2.24, 2.45) is 0 Å². The Bertz CT molecular complexity index is 815. The fourth-order valence-corrected chi connectivity index (χ4v) is 1.92. The predicted molar refractivity (Wildman–Crippen MR) is 72.1 cm³/mol. The van der Waals surface area contributed by atoms with Crippen molar-refractivity contribution >= 4 is 17.2 Å². The third-order valence-electron chi connectivity index (χ3n) is 2.89. The summed E-state index contributed by atoms with van der Waals surface area (Å²) in [6.07, 6.45) is -4.63. The minimum atomic E-state index is -4.63. The second kappa shape index (κ2) is 5.17. The SMILES string of the molecule is COc1ccccc1Nc1ccc2nnc(C(F)(F)F)n2n1. The van der Waals surface area contributed by atoms with Crippen LogP contribution in [-0.2, 0) is 6.18 Å². The van der Waals surface area contributed by atoms with Crippen molar-refractivity contribution in [3.05, 3.63) is 42.2 Å². The molecule has 0 aliphatic carbocycles. The molecule has 0 saturated heterocycles. The molecule has 2 heterocycles. The van der Waals surface area contributed by atoms with E-state index in [-0.39, 0.29) is 11.5 Å². The van der Waals surface area contributed by atoms with E-state index in [0.29, 0.717) is 16.0 Å². The Hall–Kier alpha value is -2.84. The van der Waals surface area contributed by atoms with Crippen molar-refractivity contribution in [3.8, 4) is 5.75 Å². The lowest BCUT2D eigenvalue weighted by Crippen LogP contribution is -2.13. The molecule has 3 aromatic rings. The minimum absolute atomic E-state index is 0.0119. The highest BCUT2D eigenvalue weighted by molar-refractivity contribution is 5.64. The quantitative estimate of drug-likeness (QED) is 0.806. The van der Waals surface area contributed by atoms with E-state index in [1.54, 1.807) is 24.3 Å². The molecule has 22 heavy (non-hydrogen) atoms. The molecule has 0 fully saturated rings. The maximum atomic E-state index is 12.8. The molecule has 0 aliphatic heterocycles. The van der Waals surface area contributed by atoms with E-state index in [4.69, 9.17) is 4.74 Å². The largest absolute Gasteiger partial charge is 0.495 e. The summed E-state index contributed by atoms with van der Waals surface area (Å²) in [7, 11) is 1.50. The standard InChI is InChI=1S/C13H10F3N5O/c1-22-9-5-3-2-4-8(9)17-10-6-7-11-18-19-12(13(14,15)16)21(11)20-10/h2-7H,1H3,(H,17,20). The highest BCUT2D eigenvalue weighted by atomic mass is 19.4. The van der Waals surface area contributed by atoms with Crippen molar-refractivity contribution < 1.29 is 17.9 Å². The van der Waals surface area contributed by atoms with Crippen LogP contribution in [0.25, 0.3) is 5.65 Å². The summed E-state index contributed by atoms with van der Waals surface area (Å²) in [5, 5.41) is 13.3. The summed E-state index contributed by atoms with van der Waals surface area (Å²) < 4.78 is 44.3. The maximum Gasteiger partial charge on any atom is 0.453 e. The first-order chi connectivity index (χ1) is 10.5. The van der Waals surface area contributed by atoms with E-state index in [1.807, 2.05) is 0 Å². The smallest absolute Gasteiger partial charge is 0.453 e. The van der Waals surface area contributed by atoms with Crippen molar-refractivity contribution in [1.82, 2.24) is 19.8 Å². The second-order valence-corrected chi connectivity index (χ2v) is 4.34. The van der Waals surface area contributed by atoms with Gasteiger partial charge in [0.1, 0.15) is 5.75 Å². The van der Waals surface area contributed by atoms with Crippen molar-refractivity contribution in [2.45, 2.75) is 6.18 Å². The lowest BCUT2D eigenvalue weighted by molar-refractivity contribution is -0.146. The van der Waals surface area contributed by atoms with Gasteiger partial charge in [0.05, 0.1) is 12.8 Å². The molecule has 0 amide bonds. The van der Waals surface area contributed by atoms with Gasteiger partial charge < -0.3 is 10.1 Å². The first-order valence-corrected chi connectivity index (χ1v) is 6.19. The monoisotopic (exact) mass is 309 g/mol. The van der Waals surface area contributed by atoms with E-state index in [1.165, 1.54) is 19.2 Å². The zero-order chi connectivity index (χ0) is 15.7. The average Bonchev–Trinajstić information content (AvgIpc) is 2.91. The van der Waals surface area contributed by atoms with Crippen LogP contribution in [0.3, 0.4) is 0 Å². The normalized spacial score (nSPS) is 11.6. The van der Waals surface area contributed by atoms with Crippen molar-refractivity contribution in [3.63, 3.8) is 0 Å². The molecule has 0 atom stereocenters. The lowest BCUT2D eigenvalue weighted by Gasteiger charge is -2.10. The van der Waals surface area contributed by atoms with Gasteiger partial charge in [-0.3, -0.25) is 0 Å². The predicted octanol–water partition coefficient (Wildman–Crippen LogP) is 2.90. The van der Waals surface area contributed by atoms with Gasteiger partial charge in [-0.15, -0.1) is 15.3 Å². The van der Waals surface area contributed by atoms with Gasteiger partial charge in [-0.1, -0.05) is 12.1 Å². The third kappa shape index (κ3) is 2.52. The van der Waals surface area contributed by atoms with Gasteiger partial charge in [0.15, 0.2) is 11.5 Å². The molecule has 6 nitrogen and oxygen atoms in total. The van der Waals surface area contributed by atoms with Crippen LogP contribution < -0.4 is 10.1 Å². The fraction of sp³-hybridized carbons (Fsp3) is 0.154. The second-order valence-electron chi connectivity index (χ2n) is 4.34. The number of nitrogens with one attached hydrogen (secondary N) is 1. The molecule has 2 aromatic heterocycles. The van der Waals surface area contributed by atoms with Crippen LogP contribution in [0, 0.1) is 0 Å². The van der Waals surface area contributed by atoms with Crippen LogP contribution in [-0.4, -0.2) is 26.9 Å². The number of ether oxygens (including phenoxy) is 1. The third-order valence-corrected chi connectivity index (χ3v) is 2.89. The number of hydrogen-bond donors (Lipinski definition) is 1. The molecule has 114 valence electrons. The van der Waals surface area contributed by atoms with E-state index < -0.39 is 12.0 Å². The Morgan fingerprint density at radius 1 is 1.09 bits per heavy atom. The van der Waals surface area contributed by atoms with Gasteiger partial charge >= 0.3 is 6.18 Å². The molecular formula is C13H10F3N5O. The Labute approximate surface area is 122 Å². The molecule has 9 heteroatoms. The van der Waals surface area contributed by atoms with E-state index >= 15 is 0 Å². The number of nitrogens with zero attached hydrogens (tertiary/aromatic N) is 4. The van der Waals surface area contributed by atoms with Crippen molar-refractivity contribution in [1.29, 1.82) is 0 Å². The van der Waals surface area contributed by atoms with Gasteiger partial charge in [0.2, 0.25) is 0 Å². The summed E-state index contributed by atoms with van der Waals surface area (Å²) in [6.45, 7) is 0. The number of para-hydroxylation sites is 2. The number of alkyl halides is 3. The number of benzene rings is 1. The van der Waals surface area contributed by atoms with E-state index in [2.05, 4.69) is 20.6 Å². The van der Waals surface area contributed by atoms with Gasteiger partial charge in [0, 0.05) is 0 Å². The fourth-order valence-electron chi connectivity index (χ4n) is 1.92. The minimum Gasteiger partial charge on any atom is -0.495 e.